The van der Waals surface area contributed by atoms with Crippen molar-refractivity contribution in [2.45, 2.75) is 0 Å². The molecule has 0 aliphatic heterocycles. The molecule has 2 aromatic heterocycles. The predicted molar refractivity (Wildman–Crippen MR) is 194 cm³/mol. The van der Waals surface area contributed by atoms with E-state index in [0.29, 0.717) is 0 Å². The van der Waals surface area contributed by atoms with E-state index in [4.69, 9.17) is 0 Å². The maximum atomic E-state index is 2.34. The molecular weight excluding hydrogens is 569 g/mol. The van der Waals surface area contributed by atoms with E-state index in [1.165, 1.54) is 84.9 Å². The number of hydrogen-bond donors (Lipinski definition) is 0. The second-order valence-electron chi connectivity index (χ2n) is 11.3. The zero-order valence-electron chi connectivity index (χ0n) is 23.8. The maximum Gasteiger partial charge on any atom is 0.0433 e. The Balaban J connectivity index is 1.04. The van der Waals surface area contributed by atoms with Crippen LogP contribution < -0.4 is 0 Å². The van der Waals surface area contributed by atoms with Crippen LogP contribution in [0.4, 0.5) is 0 Å². The highest BCUT2D eigenvalue weighted by Crippen LogP contribution is 2.41. The summed E-state index contributed by atoms with van der Waals surface area (Å²) in [6, 6.07) is 57.9. The van der Waals surface area contributed by atoms with E-state index in [1.54, 1.807) is 0 Å². The van der Waals surface area contributed by atoms with Gasteiger partial charge in [-0.05, 0) is 74.8 Å². The Labute approximate surface area is 264 Å². The fraction of sp³-hybridized carbons (Fsp3) is 0. The Morgan fingerprint density at radius 1 is 0.273 bits per heavy atom. The van der Waals surface area contributed by atoms with Crippen LogP contribution in [0.2, 0.25) is 0 Å². The van der Waals surface area contributed by atoms with Crippen molar-refractivity contribution >= 4 is 63.0 Å². The zero-order chi connectivity index (χ0) is 29.0. The Morgan fingerprint density at radius 2 is 0.750 bits per heavy atom. The molecule has 0 radical (unpaired) electrons. The van der Waals surface area contributed by atoms with Gasteiger partial charge in [-0.25, -0.2) is 0 Å². The normalized spacial score (nSPS) is 11.6. The van der Waals surface area contributed by atoms with Crippen LogP contribution in [0.15, 0.2) is 158 Å². The molecule has 9 rings (SSSR count). The van der Waals surface area contributed by atoms with Crippen LogP contribution in [-0.4, -0.2) is 0 Å². The third-order valence-corrected chi connectivity index (χ3v) is 11.1. The molecule has 7 aromatic carbocycles. The van der Waals surface area contributed by atoms with E-state index in [-0.39, 0.29) is 0 Å². The summed E-state index contributed by atoms with van der Waals surface area (Å²) in [7, 11) is 0. The summed E-state index contributed by atoms with van der Waals surface area (Å²) < 4.78 is 5.37. The summed E-state index contributed by atoms with van der Waals surface area (Å²) in [4.78, 5) is 0. The van der Waals surface area contributed by atoms with Gasteiger partial charge in [0.05, 0.1) is 0 Å². The molecule has 9 aromatic rings. The smallest absolute Gasteiger partial charge is 0.0433 e. The van der Waals surface area contributed by atoms with Crippen molar-refractivity contribution in [2.24, 2.45) is 0 Å². The Hall–Kier alpha value is -5.02. The van der Waals surface area contributed by atoms with Crippen LogP contribution in [0.3, 0.4) is 0 Å². The summed E-state index contributed by atoms with van der Waals surface area (Å²) in [6.07, 6.45) is 0. The second-order valence-corrected chi connectivity index (χ2v) is 13.5. The van der Waals surface area contributed by atoms with Crippen LogP contribution in [0, 0.1) is 0 Å². The van der Waals surface area contributed by atoms with E-state index in [0.717, 1.165) is 0 Å². The Bertz CT molecular complexity index is 2490. The lowest BCUT2D eigenvalue weighted by atomic mass is 9.95. The fourth-order valence-electron chi connectivity index (χ4n) is 6.48. The van der Waals surface area contributed by atoms with E-state index in [9.17, 15) is 0 Å². The van der Waals surface area contributed by atoms with Gasteiger partial charge in [0.15, 0.2) is 0 Å². The van der Waals surface area contributed by atoms with Gasteiger partial charge in [0.2, 0.25) is 0 Å². The highest BCUT2D eigenvalue weighted by Gasteiger charge is 2.12. The SMILES string of the molecule is c1cc(-c2ccc(-c3cccc(-c4cccc5c4sc4ccccc45)c3)cc2)cc(-c2ccc3c(c2)sc2ccccc23)c1. The van der Waals surface area contributed by atoms with Crippen LogP contribution in [0.25, 0.3) is 84.9 Å². The quantitative estimate of drug-likeness (QED) is 0.190. The molecule has 206 valence electrons. The molecule has 0 aliphatic carbocycles. The summed E-state index contributed by atoms with van der Waals surface area (Å²) >= 11 is 3.76. The topological polar surface area (TPSA) is 0 Å². The summed E-state index contributed by atoms with van der Waals surface area (Å²) in [5.41, 5.74) is 9.98. The van der Waals surface area contributed by atoms with Gasteiger partial charge in [-0.1, -0.05) is 127 Å². The van der Waals surface area contributed by atoms with Crippen molar-refractivity contribution in [1.29, 1.82) is 0 Å². The molecule has 0 saturated heterocycles. The molecule has 0 saturated carbocycles. The van der Waals surface area contributed by atoms with E-state index in [1.807, 2.05) is 22.7 Å². The molecule has 0 unspecified atom stereocenters. The molecule has 0 nitrogen and oxygen atoms in total. The Kier molecular flexibility index (Phi) is 5.97. The molecule has 44 heavy (non-hydrogen) atoms. The monoisotopic (exact) mass is 594 g/mol. The summed E-state index contributed by atoms with van der Waals surface area (Å²) in [5.74, 6) is 0. The first-order valence-corrected chi connectivity index (χ1v) is 16.6. The second kappa shape index (κ2) is 10.3. The van der Waals surface area contributed by atoms with Gasteiger partial charge in [-0.3, -0.25) is 0 Å². The minimum Gasteiger partial charge on any atom is -0.135 e. The fourth-order valence-corrected chi connectivity index (χ4v) is 8.86. The van der Waals surface area contributed by atoms with E-state index >= 15 is 0 Å². The maximum absolute atomic E-state index is 2.34. The number of hydrogen-bond acceptors (Lipinski definition) is 2. The number of rotatable bonds is 4. The van der Waals surface area contributed by atoms with Crippen LogP contribution in [0.1, 0.15) is 0 Å². The minimum atomic E-state index is 1.23. The third kappa shape index (κ3) is 4.26. The third-order valence-electron chi connectivity index (χ3n) is 8.70. The van der Waals surface area contributed by atoms with E-state index in [2.05, 4.69) is 158 Å². The van der Waals surface area contributed by atoms with Crippen molar-refractivity contribution in [2.75, 3.05) is 0 Å². The van der Waals surface area contributed by atoms with Gasteiger partial charge in [0.25, 0.3) is 0 Å². The van der Waals surface area contributed by atoms with Crippen LogP contribution in [0.5, 0.6) is 0 Å². The highest BCUT2D eigenvalue weighted by atomic mass is 32.1. The van der Waals surface area contributed by atoms with E-state index < -0.39 is 0 Å². The number of fused-ring (bicyclic) bond motifs is 6. The molecule has 2 heteroatoms. The summed E-state index contributed by atoms with van der Waals surface area (Å²) in [6.45, 7) is 0. The predicted octanol–water partition coefficient (Wildman–Crippen LogP) is 13.1. The molecule has 2 heterocycles. The van der Waals surface area contributed by atoms with Crippen molar-refractivity contribution in [3.8, 4) is 44.5 Å². The van der Waals surface area contributed by atoms with Crippen molar-refractivity contribution in [3.63, 3.8) is 0 Å². The average molecular weight is 595 g/mol. The first kappa shape index (κ1) is 25.5. The van der Waals surface area contributed by atoms with Crippen molar-refractivity contribution < 1.29 is 0 Å². The molecule has 0 atom stereocenters. The van der Waals surface area contributed by atoms with Gasteiger partial charge >= 0.3 is 0 Å². The van der Waals surface area contributed by atoms with Gasteiger partial charge in [0.1, 0.15) is 0 Å². The molecule has 0 amide bonds. The standard InChI is InChI=1S/C42H26S2/c1-3-16-39-35(12-1)37-23-22-32(26-41(37)43-39)31-10-5-8-29(24-31)27-18-20-28(21-19-27)30-9-6-11-33(25-30)34-14-7-15-38-36-13-2-4-17-40(36)44-42(34)38/h1-26H. The lowest BCUT2D eigenvalue weighted by Crippen LogP contribution is -1.84. The first-order valence-electron chi connectivity index (χ1n) is 14.9. The lowest BCUT2D eigenvalue weighted by Gasteiger charge is -2.10. The molecule has 0 spiro atoms. The first-order chi connectivity index (χ1) is 21.8. The molecular formula is C42H26S2. The van der Waals surface area contributed by atoms with Gasteiger partial charge in [0, 0.05) is 40.3 Å². The molecule has 0 N–H and O–H groups in total. The number of benzene rings is 7. The van der Waals surface area contributed by atoms with Gasteiger partial charge in [-0.15, -0.1) is 22.7 Å². The molecule has 0 aliphatic rings. The highest BCUT2D eigenvalue weighted by molar-refractivity contribution is 7.26. The molecule has 0 fully saturated rings. The van der Waals surface area contributed by atoms with Gasteiger partial charge in [-0.2, -0.15) is 0 Å². The number of thiophene rings is 2. The minimum absolute atomic E-state index is 1.23. The summed E-state index contributed by atoms with van der Waals surface area (Å²) in [5, 5.41) is 5.36. The molecule has 0 bridgehead atoms. The zero-order valence-corrected chi connectivity index (χ0v) is 25.5. The van der Waals surface area contributed by atoms with Crippen molar-refractivity contribution in [1.82, 2.24) is 0 Å². The van der Waals surface area contributed by atoms with Crippen molar-refractivity contribution in [3.05, 3.63) is 158 Å². The lowest BCUT2D eigenvalue weighted by molar-refractivity contribution is 1.58. The van der Waals surface area contributed by atoms with Crippen LogP contribution in [-0.2, 0) is 0 Å². The van der Waals surface area contributed by atoms with Gasteiger partial charge < -0.3 is 0 Å². The van der Waals surface area contributed by atoms with Crippen LogP contribution >= 0.6 is 22.7 Å². The average Bonchev–Trinajstić information content (AvgIpc) is 3.66. The Morgan fingerprint density at radius 3 is 1.48 bits per heavy atom. The largest absolute Gasteiger partial charge is 0.135 e.